The van der Waals surface area contributed by atoms with Gasteiger partial charge in [-0.05, 0) is 41.5 Å². The number of oxazole rings is 1. The van der Waals surface area contributed by atoms with Crippen molar-refractivity contribution in [3.8, 4) is 11.1 Å². The van der Waals surface area contributed by atoms with Crippen molar-refractivity contribution in [1.29, 1.82) is 0 Å². The van der Waals surface area contributed by atoms with Gasteiger partial charge in [0.1, 0.15) is 11.3 Å². The molecule has 2 nitrogen and oxygen atoms in total. The Hall–Kier alpha value is -2.80. The van der Waals surface area contributed by atoms with Gasteiger partial charge in [0.2, 0.25) is 0 Å². The number of halogens is 4. The Morgan fingerprint density at radius 2 is 1.68 bits per heavy atom. The van der Waals surface area contributed by atoms with Gasteiger partial charge in [-0.3, -0.25) is 0 Å². The second-order valence-electron chi connectivity index (χ2n) is 6.13. The summed E-state index contributed by atoms with van der Waals surface area (Å²) in [5.41, 5.74) is 2.67. The Balaban J connectivity index is 1.56. The van der Waals surface area contributed by atoms with Gasteiger partial charge in [0.05, 0.1) is 5.56 Å². The topological polar surface area (TPSA) is 26.0 Å². The maximum absolute atomic E-state index is 13.6. The summed E-state index contributed by atoms with van der Waals surface area (Å²) in [5.74, 6) is 0.0789. The molecule has 0 radical (unpaired) electrons. The van der Waals surface area contributed by atoms with Crippen LogP contribution in [0.1, 0.15) is 11.1 Å². The highest BCUT2D eigenvalue weighted by Crippen LogP contribution is 2.33. The fourth-order valence-electron chi connectivity index (χ4n) is 2.81. The maximum atomic E-state index is 13.6. The monoisotopic (exact) mass is 403 g/mol. The van der Waals surface area contributed by atoms with Gasteiger partial charge in [-0.15, -0.1) is 0 Å². The molecule has 0 amide bonds. The molecular weight excluding hydrogens is 390 g/mol. The van der Waals surface area contributed by atoms with Crippen LogP contribution in [0.3, 0.4) is 0 Å². The van der Waals surface area contributed by atoms with Crippen LogP contribution in [0.25, 0.3) is 22.2 Å². The number of benzene rings is 3. The van der Waals surface area contributed by atoms with Crippen LogP contribution >= 0.6 is 11.8 Å². The average Bonchev–Trinajstić information content (AvgIpc) is 3.09. The minimum atomic E-state index is -4.35. The second kappa shape index (κ2) is 7.31. The van der Waals surface area contributed by atoms with E-state index in [1.807, 2.05) is 6.07 Å². The molecule has 0 saturated carbocycles. The molecule has 1 aromatic heterocycles. The highest BCUT2D eigenvalue weighted by Gasteiger charge is 2.29. The van der Waals surface area contributed by atoms with Crippen LogP contribution in [0.5, 0.6) is 0 Å². The van der Waals surface area contributed by atoms with E-state index in [0.717, 1.165) is 23.3 Å². The zero-order valence-corrected chi connectivity index (χ0v) is 15.2. The van der Waals surface area contributed by atoms with E-state index in [0.29, 0.717) is 27.6 Å². The van der Waals surface area contributed by atoms with Gasteiger partial charge >= 0.3 is 6.18 Å². The first-order chi connectivity index (χ1) is 13.4. The first-order valence-electron chi connectivity index (χ1n) is 8.34. The van der Waals surface area contributed by atoms with Gasteiger partial charge in [-0.1, -0.05) is 48.2 Å². The fourth-order valence-corrected chi connectivity index (χ4v) is 3.60. The predicted molar refractivity (Wildman–Crippen MR) is 100 cm³/mol. The van der Waals surface area contributed by atoms with Gasteiger partial charge in [-0.2, -0.15) is 13.2 Å². The minimum absolute atomic E-state index is 0.338. The Morgan fingerprint density at radius 3 is 2.39 bits per heavy atom. The molecular formula is C21H13F4NOS. The third-order valence-corrected chi connectivity index (χ3v) is 5.08. The zero-order chi connectivity index (χ0) is 19.7. The van der Waals surface area contributed by atoms with Gasteiger partial charge in [0.15, 0.2) is 5.58 Å². The lowest BCUT2D eigenvalue weighted by atomic mass is 10.0. The molecule has 0 saturated heterocycles. The van der Waals surface area contributed by atoms with Crippen LogP contribution in [-0.2, 0) is 11.9 Å². The number of thioether (sulfide) groups is 1. The molecule has 0 unspecified atom stereocenters. The van der Waals surface area contributed by atoms with Crippen molar-refractivity contribution in [3.05, 3.63) is 83.7 Å². The summed E-state index contributed by atoms with van der Waals surface area (Å²) in [6.45, 7) is 0. The molecule has 142 valence electrons. The molecule has 0 aliphatic carbocycles. The fraction of sp³-hybridized carbons (Fsp3) is 0.0952. The van der Waals surface area contributed by atoms with Crippen LogP contribution in [0.2, 0.25) is 0 Å². The minimum Gasteiger partial charge on any atom is -0.431 e. The van der Waals surface area contributed by atoms with Gasteiger partial charge < -0.3 is 4.42 Å². The lowest BCUT2D eigenvalue weighted by Gasteiger charge is -2.06. The van der Waals surface area contributed by atoms with Crippen LogP contribution in [0.4, 0.5) is 17.6 Å². The van der Waals surface area contributed by atoms with Crippen molar-refractivity contribution < 1.29 is 22.0 Å². The van der Waals surface area contributed by atoms with Crippen molar-refractivity contribution in [2.24, 2.45) is 0 Å². The van der Waals surface area contributed by atoms with Gasteiger partial charge in [0, 0.05) is 11.3 Å². The number of para-hydroxylation sites is 1. The number of hydrogen-bond acceptors (Lipinski definition) is 3. The summed E-state index contributed by atoms with van der Waals surface area (Å²) in [6, 6.07) is 16.6. The summed E-state index contributed by atoms with van der Waals surface area (Å²) in [7, 11) is 0. The first-order valence-corrected chi connectivity index (χ1v) is 9.33. The van der Waals surface area contributed by atoms with E-state index in [1.165, 1.54) is 36.0 Å². The van der Waals surface area contributed by atoms with E-state index in [4.69, 9.17) is 4.42 Å². The molecule has 3 aromatic carbocycles. The molecule has 0 N–H and O–H groups in total. The lowest BCUT2D eigenvalue weighted by molar-refractivity contribution is -0.137. The highest BCUT2D eigenvalue weighted by atomic mass is 32.2. The van der Waals surface area contributed by atoms with Crippen molar-refractivity contribution in [2.45, 2.75) is 17.2 Å². The van der Waals surface area contributed by atoms with Gasteiger partial charge in [-0.25, -0.2) is 9.37 Å². The lowest BCUT2D eigenvalue weighted by Crippen LogP contribution is -2.04. The third kappa shape index (κ3) is 3.89. The molecule has 7 heteroatoms. The summed E-state index contributed by atoms with van der Waals surface area (Å²) < 4.78 is 57.2. The molecule has 1 heterocycles. The first kappa shape index (κ1) is 18.6. The Morgan fingerprint density at radius 1 is 0.929 bits per heavy atom. The maximum Gasteiger partial charge on any atom is 0.416 e. The van der Waals surface area contributed by atoms with E-state index >= 15 is 0 Å². The molecule has 0 fully saturated rings. The van der Waals surface area contributed by atoms with Crippen LogP contribution < -0.4 is 0 Å². The van der Waals surface area contributed by atoms with E-state index in [9.17, 15) is 17.6 Å². The van der Waals surface area contributed by atoms with Crippen LogP contribution in [-0.4, -0.2) is 4.98 Å². The van der Waals surface area contributed by atoms with Crippen LogP contribution in [0, 0.1) is 5.82 Å². The number of nitrogens with zero attached hydrogens (tertiary/aromatic N) is 1. The number of fused-ring (bicyclic) bond motifs is 1. The summed E-state index contributed by atoms with van der Waals surface area (Å²) in [5, 5.41) is 0.402. The van der Waals surface area contributed by atoms with E-state index < -0.39 is 11.7 Å². The Bertz CT molecular complexity index is 1120. The standard InChI is InChI=1S/C21H13F4NOS/c22-16-4-1-3-14(11-16)17-5-2-6-18-19(17)26-20(27-18)28-12-13-7-9-15(10-8-13)21(23,24)25/h1-11H,12H2. The van der Waals surface area contributed by atoms with Crippen LogP contribution in [0.15, 0.2) is 76.4 Å². The van der Waals surface area contributed by atoms with Crippen molar-refractivity contribution in [1.82, 2.24) is 4.98 Å². The number of aromatic nitrogens is 1. The molecule has 0 aliphatic heterocycles. The Labute approximate surface area is 162 Å². The quantitative estimate of drug-likeness (QED) is 0.273. The molecule has 0 spiro atoms. The molecule has 0 aliphatic rings. The number of rotatable bonds is 4. The summed E-state index contributed by atoms with van der Waals surface area (Å²) in [4.78, 5) is 4.48. The molecule has 4 rings (SSSR count). The molecule has 0 bridgehead atoms. The van der Waals surface area contributed by atoms with E-state index in [1.54, 1.807) is 24.3 Å². The van der Waals surface area contributed by atoms with Crippen molar-refractivity contribution in [3.63, 3.8) is 0 Å². The highest BCUT2D eigenvalue weighted by molar-refractivity contribution is 7.98. The van der Waals surface area contributed by atoms with E-state index in [2.05, 4.69) is 4.98 Å². The Kier molecular flexibility index (Phi) is 4.85. The SMILES string of the molecule is Fc1cccc(-c2cccc3oc(SCc4ccc(C(F)(F)F)cc4)nc23)c1. The van der Waals surface area contributed by atoms with Crippen molar-refractivity contribution in [2.75, 3.05) is 0 Å². The number of alkyl halides is 3. The average molecular weight is 403 g/mol. The molecule has 28 heavy (non-hydrogen) atoms. The zero-order valence-electron chi connectivity index (χ0n) is 14.3. The second-order valence-corrected chi connectivity index (χ2v) is 7.05. The molecule has 4 aromatic rings. The van der Waals surface area contributed by atoms with Gasteiger partial charge in [0.25, 0.3) is 5.22 Å². The summed E-state index contributed by atoms with van der Waals surface area (Å²) in [6.07, 6.45) is -4.35. The van der Waals surface area contributed by atoms with E-state index in [-0.39, 0.29) is 5.82 Å². The normalized spacial score (nSPS) is 11.9. The third-order valence-electron chi connectivity index (χ3n) is 4.18. The summed E-state index contributed by atoms with van der Waals surface area (Å²) >= 11 is 1.29. The smallest absolute Gasteiger partial charge is 0.416 e. The molecule has 0 atom stereocenters. The largest absolute Gasteiger partial charge is 0.431 e. The predicted octanol–water partition coefficient (Wildman–Crippen LogP) is 6.95. The van der Waals surface area contributed by atoms with Crippen molar-refractivity contribution >= 4 is 22.9 Å². The number of hydrogen-bond donors (Lipinski definition) is 0.